The fourth-order valence-electron chi connectivity index (χ4n) is 2.23. The van der Waals surface area contributed by atoms with Crippen LogP contribution in [0, 0.1) is 20.8 Å². The highest BCUT2D eigenvalue weighted by Crippen LogP contribution is 2.27. The summed E-state index contributed by atoms with van der Waals surface area (Å²) in [4.78, 5) is 12.6. The molecule has 0 bridgehead atoms. The number of halogens is 1. The van der Waals surface area contributed by atoms with Crippen molar-refractivity contribution < 1.29 is 4.74 Å². The van der Waals surface area contributed by atoms with Crippen LogP contribution in [0.5, 0.6) is 6.01 Å². The molecule has 0 fully saturated rings. The molecule has 1 aromatic carbocycles. The van der Waals surface area contributed by atoms with E-state index >= 15 is 0 Å². The van der Waals surface area contributed by atoms with E-state index in [1.165, 1.54) is 5.56 Å². The van der Waals surface area contributed by atoms with Crippen molar-refractivity contribution in [2.75, 3.05) is 6.61 Å². The topological polar surface area (TPSA) is 47.9 Å². The van der Waals surface area contributed by atoms with Crippen molar-refractivity contribution in [3.63, 3.8) is 0 Å². The molecule has 20 heavy (non-hydrogen) atoms. The number of ether oxygens (including phenoxy) is 1. The maximum Gasteiger partial charge on any atom is 0.321 e. The summed E-state index contributed by atoms with van der Waals surface area (Å²) in [6, 6.07) is 4.49. The molecule has 0 radical (unpaired) electrons. The van der Waals surface area contributed by atoms with E-state index in [1.807, 2.05) is 20.8 Å². The van der Waals surface area contributed by atoms with E-state index < -0.39 is 0 Å². The Kier molecular flexibility index (Phi) is 4.55. The third-order valence-corrected chi connectivity index (χ3v) is 3.09. The molecule has 106 valence electrons. The van der Waals surface area contributed by atoms with Gasteiger partial charge < -0.3 is 4.74 Å². The first-order valence-electron chi connectivity index (χ1n) is 6.64. The predicted octanol–water partition coefficient (Wildman–Crippen LogP) is 3.91. The molecule has 0 unspecified atom stereocenters. The lowest BCUT2D eigenvalue weighted by atomic mass is 9.99. The van der Waals surface area contributed by atoms with E-state index in [4.69, 9.17) is 16.3 Å². The third-order valence-electron chi connectivity index (χ3n) is 2.92. The Morgan fingerprint density at radius 2 is 1.70 bits per heavy atom. The second kappa shape index (κ2) is 6.18. The van der Waals surface area contributed by atoms with Crippen molar-refractivity contribution in [1.29, 1.82) is 0 Å². The summed E-state index contributed by atoms with van der Waals surface area (Å²) in [5.41, 5.74) is 4.44. The van der Waals surface area contributed by atoms with Crippen LogP contribution in [0.1, 0.15) is 30.0 Å². The van der Waals surface area contributed by atoms with Gasteiger partial charge in [0.05, 0.1) is 6.61 Å². The minimum Gasteiger partial charge on any atom is -0.463 e. The molecular weight excluding hydrogens is 274 g/mol. The average molecular weight is 292 g/mol. The fourth-order valence-corrected chi connectivity index (χ4v) is 2.39. The molecule has 5 heteroatoms. The van der Waals surface area contributed by atoms with Crippen LogP contribution >= 0.6 is 11.6 Å². The van der Waals surface area contributed by atoms with Gasteiger partial charge in [0, 0.05) is 5.56 Å². The van der Waals surface area contributed by atoms with Crippen LogP contribution in [0.15, 0.2) is 12.1 Å². The average Bonchev–Trinajstić information content (AvgIpc) is 2.34. The Labute approximate surface area is 124 Å². The Morgan fingerprint density at radius 1 is 1.05 bits per heavy atom. The zero-order chi connectivity index (χ0) is 14.7. The number of hydrogen-bond donors (Lipinski definition) is 0. The number of nitrogens with zero attached hydrogens (tertiary/aromatic N) is 3. The van der Waals surface area contributed by atoms with Gasteiger partial charge in [0.15, 0.2) is 5.82 Å². The van der Waals surface area contributed by atoms with Crippen molar-refractivity contribution in [3.05, 3.63) is 34.1 Å². The Bertz CT molecular complexity index is 606. The molecule has 2 rings (SSSR count). The van der Waals surface area contributed by atoms with Gasteiger partial charge in [-0.1, -0.05) is 24.6 Å². The highest BCUT2D eigenvalue weighted by Gasteiger charge is 2.13. The lowest BCUT2D eigenvalue weighted by molar-refractivity contribution is 0.291. The van der Waals surface area contributed by atoms with Gasteiger partial charge in [0.2, 0.25) is 5.28 Å². The third kappa shape index (κ3) is 3.25. The van der Waals surface area contributed by atoms with Gasteiger partial charge in [0.1, 0.15) is 0 Å². The Balaban J connectivity index is 2.50. The molecule has 4 nitrogen and oxygen atoms in total. The molecule has 1 heterocycles. The molecular formula is C15H18ClN3O. The van der Waals surface area contributed by atoms with Crippen molar-refractivity contribution in [1.82, 2.24) is 15.0 Å². The minimum atomic E-state index is 0.153. The monoisotopic (exact) mass is 291 g/mol. The van der Waals surface area contributed by atoms with Crippen molar-refractivity contribution in [2.24, 2.45) is 0 Å². The molecule has 0 amide bonds. The highest BCUT2D eigenvalue weighted by atomic mass is 35.5. The van der Waals surface area contributed by atoms with E-state index in [1.54, 1.807) is 0 Å². The van der Waals surface area contributed by atoms with Crippen LogP contribution in [-0.2, 0) is 0 Å². The van der Waals surface area contributed by atoms with Gasteiger partial charge in [-0.05, 0) is 49.9 Å². The smallest absolute Gasteiger partial charge is 0.321 e. The van der Waals surface area contributed by atoms with E-state index in [0.29, 0.717) is 12.4 Å². The van der Waals surface area contributed by atoms with Crippen molar-refractivity contribution in [3.8, 4) is 17.4 Å². The second-order valence-electron chi connectivity index (χ2n) is 4.83. The van der Waals surface area contributed by atoms with Gasteiger partial charge in [-0.15, -0.1) is 0 Å². The first kappa shape index (κ1) is 14.7. The summed E-state index contributed by atoms with van der Waals surface area (Å²) in [6.07, 6.45) is 0.890. The summed E-state index contributed by atoms with van der Waals surface area (Å²) >= 11 is 5.97. The lowest BCUT2D eigenvalue weighted by Gasteiger charge is -2.11. The molecule has 2 aromatic rings. The van der Waals surface area contributed by atoms with Gasteiger partial charge in [-0.3, -0.25) is 0 Å². The maximum atomic E-state index is 5.97. The zero-order valence-electron chi connectivity index (χ0n) is 12.2. The van der Waals surface area contributed by atoms with Crippen LogP contribution < -0.4 is 4.74 Å². The summed E-state index contributed by atoms with van der Waals surface area (Å²) in [5.74, 6) is 0.561. The van der Waals surface area contributed by atoms with E-state index in [-0.39, 0.29) is 11.3 Å². The SMILES string of the molecule is CCCOc1nc(Cl)nc(-c2c(C)cc(C)cc2C)n1. The van der Waals surface area contributed by atoms with E-state index in [9.17, 15) is 0 Å². The molecule has 0 spiro atoms. The van der Waals surface area contributed by atoms with Gasteiger partial charge in [-0.25, -0.2) is 0 Å². The summed E-state index contributed by atoms with van der Waals surface area (Å²) < 4.78 is 5.45. The van der Waals surface area contributed by atoms with Crippen LogP contribution in [0.4, 0.5) is 0 Å². The summed E-state index contributed by atoms with van der Waals surface area (Å²) in [5, 5.41) is 0.153. The number of rotatable bonds is 4. The summed E-state index contributed by atoms with van der Waals surface area (Å²) in [6.45, 7) is 8.74. The van der Waals surface area contributed by atoms with Gasteiger partial charge in [0.25, 0.3) is 0 Å². The molecule has 0 atom stereocenters. The standard InChI is InChI=1S/C15H18ClN3O/c1-5-6-20-15-18-13(17-14(16)19-15)12-10(3)7-9(2)8-11(12)4/h7-8H,5-6H2,1-4H3. The minimum absolute atomic E-state index is 0.153. The normalized spacial score (nSPS) is 10.7. The largest absolute Gasteiger partial charge is 0.463 e. The molecule has 0 saturated heterocycles. The maximum absolute atomic E-state index is 5.97. The van der Waals surface area contributed by atoms with Crippen LogP contribution in [0.25, 0.3) is 11.4 Å². The number of aromatic nitrogens is 3. The molecule has 0 aliphatic heterocycles. The van der Waals surface area contributed by atoms with Gasteiger partial charge >= 0.3 is 6.01 Å². The molecule has 0 N–H and O–H groups in total. The van der Waals surface area contributed by atoms with E-state index in [2.05, 4.69) is 34.0 Å². The van der Waals surface area contributed by atoms with Crippen LogP contribution in [-0.4, -0.2) is 21.6 Å². The second-order valence-corrected chi connectivity index (χ2v) is 5.17. The number of aryl methyl sites for hydroxylation is 3. The van der Waals surface area contributed by atoms with Crippen molar-refractivity contribution >= 4 is 11.6 Å². The van der Waals surface area contributed by atoms with Crippen LogP contribution in [0.3, 0.4) is 0 Å². The fraction of sp³-hybridized carbons (Fsp3) is 0.400. The predicted molar refractivity (Wildman–Crippen MR) is 80.3 cm³/mol. The molecule has 0 aliphatic carbocycles. The van der Waals surface area contributed by atoms with E-state index in [0.717, 1.165) is 23.1 Å². The number of hydrogen-bond acceptors (Lipinski definition) is 4. The molecule has 0 aliphatic rings. The lowest BCUT2D eigenvalue weighted by Crippen LogP contribution is -2.04. The molecule has 0 saturated carbocycles. The summed E-state index contributed by atoms with van der Waals surface area (Å²) in [7, 11) is 0. The number of benzene rings is 1. The zero-order valence-corrected chi connectivity index (χ0v) is 13.0. The Hall–Kier alpha value is -1.68. The van der Waals surface area contributed by atoms with Crippen molar-refractivity contribution in [2.45, 2.75) is 34.1 Å². The quantitative estimate of drug-likeness (QED) is 0.857. The van der Waals surface area contributed by atoms with Gasteiger partial charge in [-0.2, -0.15) is 15.0 Å². The van der Waals surface area contributed by atoms with Crippen LogP contribution in [0.2, 0.25) is 5.28 Å². The first-order chi connectivity index (χ1) is 9.51. The highest BCUT2D eigenvalue weighted by molar-refractivity contribution is 6.28. The Morgan fingerprint density at radius 3 is 2.30 bits per heavy atom. The molecule has 1 aromatic heterocycles. The first-order valence-corrected chi connectivity index (χ1v) is 7.01.